The van der Waals surface area contributed by atoms with E-state index in [1.807, 2.05) is 60.7 Å². The molecule has 0 aliphatic rings. The molecule has 0 aliphatic carbocycles. The second kappa shape index (κ2) is 9.02. The van der Waals surface area contributed by atoms with E-state index in [-0.39, 0.29) is 24.4 Å². The Morgan fingerprint density at radius 2 is 1.58 bits per heavy atom. The lowest BCUT2D eigenvalue weighted by Gasteiger charge is -2.18. The molecule has 0 saturated carbocycles. The average molecular weight is 348 g/mol. The standard InChI is InChI=1S/C22H24N2O2/c1-17(18-9-4-2-5-10-18)15-23-21(25)16-24-22(20-13-8-14-26-20)19-11-6-3-7-12-19/h2-14,17,22,24H,15-16H2,1H3,(H,23,25)/t17-,22-/m0/s1. The summed E-state index contributed by atoms with van der Waals surface area (Å²) in [5.74, 6) is 1.04. The highest BCUT2D eigenvalue weighted by atomic mass is 16.3. The molecule has 3 aromatic rings. The van der Waals surface area contributed by atoms with Crippen molar-refractivity contribution in [3.8, 4) is 0 Å². The minimum Gasteiger partial charge on any atom is -0.467 e. The number of benzene rings is 2. The molecule has 2 N–H and O–H groups in total. The minimum absolute atomic E-state index is 0.0275. The van der Waals surface area contributed by atoms with Gasteiger partial charge in [-0.3, -0.25) is 10.1 Å². The van der Waals surface area contributed by atoms with E-state index in [2.05, 4.69) is 29.7 Å². The summed E-state index contributed by atoms with van der Waals surface area (Å²) < 4.78 is 5.54. The van der Waals surface area contributed by atoms with Crippen LogP contribution in [0.3, 0.4) is 0 Å². The fourth-order valence-electron chi connectivity index (χ4n) is 2.91. The van der Waals surface area contributed by atoms with Gasteiger partial charge in [0.1, 0.15) is 5.76 Å². The zero-order chi connectivity index (χ0) is 18.2. The van der Waals surface area contributed by atoms with E-state index in [4.69, 9.17) is 4.42 Å². The molecule has 2 aromatic carbocycles. The molecule has 1 heterocycles. The maximum Gasteiger partial charge on any atom is 0.234 e. The van der Waals surface area contributed by atoms with Gasteiger partial charge in [0.2, 0.25) is 5.91 Å². The van der Waals surface area contributed by atoms with Crippen molar-refractivity contribution < 1.29 is 9.21 Å². The molecule has 0 fully saturated rings. The molecule has 26 heavy (non-hydrogen) atoms. The predicted molar refractivity (Wildman–Crippen MR) is 103 cm³/mol. The Kier molecular flexibility index (Phi) is 6.23. The molecule has 4 nitrogen and oxygen atoms in total. The Hall–Kier alpha value is -2.85. The van der Waals surface area contributed by atoms with Crippen LogP contribution in [0.5, 0.6) is 0 Å². The van der Waals surface area contributed by atoms with E-state index >= 15 is 0 Å². The highest BCUT2D eigenvalue weighted by Gasteiger charge is 2.17. The van der Waals surface area contributed by atoms with Crippen LogP contribution in [-0.4, -0.2) is 19.0 Å². The molecule has 134 valence electrons. The van der Waals surface area contributed by atoms with Crippen molar-refractivity contribution in [3.63, 3.8) is 0 Å². The van der Waals surface area contributed by atoms with Crippen LogP contribution in [0.2, 0.25) is 0 Å². The molecule has 2 atom stereocenters. The van der Waals surface area contributed by atoms with Crippen molar-refractivity contribution >= 4 is 5.91 Å². The van der Waals surface area contributed by atoms with Gasteiger partial charge in [-0.15, -0.1) is 0 Å². The number of carbonyl (C=O) groups is 1. The van der Waals surface area contributed by atoms with E-state index in [1.54, 1.807) is 6.26 Å². The van der Waals surface area contributed by atoms with E-state index in [0.717, 1.165) is 11.3 Å². The molecule has 0 aliphatic heterocycles. The van der Waals surface area contributed by atoms with Crippen molar-refractivity contribution in [1.29, 1.82) is 0 Å². The van der Waals surface area contributed by atoms with Gasteiger partial charge >= 0.3 is 0 Å². The summed E-state index contributed by atoms with van der Waals surface area (Å²) in [4.78, 5) is 12.3. The second-order valence-corrected chi connectivity index (χ2v) is 6.36. The Labute approximate surface area is 154 Å². The summed E-state index contributed by atoms with van der Waals surface area (Å²) in [6.07, 6.45) is 1.65. The Morgan fingerprint density at radius 1 is 0.923 bits per heavy atom. The number of amides is 1. The van der Waals surface area contributed by atoms with Gasteiger partial charge in [0.15, 0.2) is 0 Å². The molecule has 0 bridgehead atoms. The normalized spacial score (nSPS) is 13.1. The molecular formula is C22H24N2O2. The summed E-state index contributed by atoms with van der Waals surface area (Å²) in [5.41, 5.74) is 2.28. The summed E-state index contributed by atoms with van der Waals surface area (Å²) >= 11 is 0. The van der Waals surface area contributed by atoms with Crippen molar-refractivity contribution in [1.82, 2.24) is 10.6 Å². The first-order valence-electron chi connectivity index (χ1n) is 8.87. The summed E-state index contributed by atoms with van der Waals surface area (Å²) in [6, 6.07) is 23.8. The number of nitrogens with one attached hydrogen (secondary N) is 2. The van der Waals surface area contributed by atoms with Gasteiger partial charge in [-0.05, 0) is 29.2 Å². The first-order valence-corrected chi connectivity index (χ1v) is 8.87. The van der Waals surface area contributed by atoms with Gasteiger partial charge in [0.25, 0.3) is 0 Å². The van der Waals surface area contributed by atoms with Crippen molar-refractivity contribution in [2.24, 2.45) is 0 Å². The monoisotopic (exact) mass is 348 g/mol. The summed E-state index contributed by atoms with van der Waals surface area (Å²) in [6.45, 7) is 2.95. The molecule has 3 rings (SSSR count). The van der Waals surface area contributed by atoms with Gasteiger partial charge < -0.3 is 9.73 Å². The Morgan fingerprint density at radius 3 is 2.19 bits per heavy atom. The molecule has 0 spiro atoms. The molecule has 1 amide bonds. The van der Waals surface area contributed by atoms with Gasteiger partial charge in [0.05, 0.1) is 18.8 Å². The first kappa shape index (κ1) is 18.0. The molecule has 0 unspecified atom stereocenters. The van der Waals surface area contributed by atoms with Gasteiger partial charge in [-0.2, -0.15) is 0 Å². The fourth-order valence-corrected chi connectivity index (χ4v) is 2.91. The third-order valence-electron chi connectivity index (χ3n) is 4.40. The van der Waals surface area contributed by atoms with Gasteiger partial charge in [-0.1, -0.05) is 67.6 Å². The van der Waals surface area contributed by atoms with Crippen LogP contribution in [-0.2, 0) is 4.79 Å². The average Bonchev–Trinajstić information content (AvgIpc) is 3.22. The molecule has 0 radical (unpaired) electrons. The maximum absolute atomic E-state index is 12.3. The second-order valence-electron chi connectivity index (χ2n) is 6.36. The molecule has 1 aromatic heterocycles. The van der Waals surface area contributed by atoms with Crippen LogP contribution in [0.15, 0.2) is 83.5 Å². The quantitative estimate of drug-likeness (QED) is 0.649. The predicted octanol–water partition coefficient (Wildman–Crippen LogP) is 3.88. The van der Waals surface area contributed by atoms with Crippen LogP contribution in [0, 0.1) is 0 Å². The van der Waals surface area contributed by atoms with Crippen LogP contribution in [0.1, 0.15) is 35.8 Å². The zero-order valence-electron chi connectivity index (χ0n) is 14.9. The fraction of sp³-hybridized carbons (Fsp3) is 0.227. The third-order valence-corrected chi connectivity index (χ3v) is 4.40. The first-order chi connectivity index (χ1) is 12.7. The van der Waals surface area contributed by atoms with Crippen molar-refractivity contribution in [2.75, 3.05) is 13.1 Å². The van der Waals surface area contributed by atoms with Gasteiger partial charge in [0, 0.05) is 6.54 Å². The van der Waals surface area contributed by atoms with E-state index < -0.39 is 0 Å². The molecule has 0 saturated heterocycles. The lowest BCUT2D eigenvalue weighted by molar-refractivity contribution is -0.120. The van der Waals surface area contributed by atoms with Crippen molar-refractivity contribution in [3.05, 3.63) is 95.9 Å². The summed E-state index contributed by atoms with van der Waals surface area (Å²) in [7, 11) is 0. The number of furan rings is 1. The van der Waals surface area contributed by atoms with E-state index in [9.17, 15) is 4.79 Å². The highest BCUT2D eigenvalue weighted by Crippen LogP contribution is 2.22. The number of rotatable bonds is 8. The molecule has 4 heteroatoms. The number of carbonyl (C=O) groups excluding carboxylic acids is 1. The molecular weight excluding hydrogens is 324 g/mol. The number of hydrogen-bond donors (Lipinski definition) is 2. The Balaban J connectivity index is 1.55. The maximum atomic E-state index is 12.3. The van der Waals surface area contributed by atoms with Crippen LogP contribution in [0.25, 0.3) is 0 Å². The number of hydrogen-bond acceptors (Lipinski definition) is 3. The lowest BCUT2D eigenvalue weighted by atomic mass is 10.0. The van der Waals surface area contributed by atoms with E-state index in [0.29, 0.717) is 6.54 Å². The minimum atomic E-state index is -0.150. The lowest BCUT2D eigenvalue weighted by Crippen LogP contribution is -2.37. The third kappa shape index (κ3) is 4.83. The zero-order valence-corrected chi connectivity index (χ0v) is 14.9. The Bertz CT molecular complexity index is 786. The summed E-state index contributed by atoms with van der Waals surface area (Å²) in [5, 5.41) is 6.30. The van der Waals surface area contributed by atoms with E-state index in [1.165, 1.54) is 5.56 Å². The van der Waals surface area contributed by atoms with Crippen LogP contribution in [0.4, 0.5) is 0 Å². The smallest absolute Gasteiger partial charge is 0.234 e. The highest BCUT2D eigenvalue weighted by molar-refractivity contribution is 5.78. The van der Waals surface area contributed by atoms with Crippen LogP contribution < -0.4 is 10.6 Å². The van der Waals surface area contributed by atoms with Crippen molar-refractivity contribution in [2.45, 2.75) is 18.9 Å². The van der Waals surface area contributed by atoms with Crippen LogP contribution >= 0.6 is 0 Å². The van der Waals surface area contributed by atoms with Gasteiger partial charge in [-0.25, -0.2) is 0 Å². The largest absolute Gasteiger partial charge is 0.467 e. The SMILES string of the molecule is C[C@@H](CNC(=O)CN[C@@H](c1ccccc1)c1ccco1)c1ccccc1. The topological polar surface area (TPSA) is 54.3 Å².